The van der Waals surface area contributed by atoms with Gasteiger partial charge >= 0.3 is 0 Å². The van der Waals surface area contributed by atoms with Crippen molar-refractivity contribution in [1.82, 2.24) is 24.4 Å². The van der Waals surface area contributed by atoms with Gasteiger partial charge in [-0.1, -0.05) is 6.92 Å². The number of hydrogen-bond acceptors (Lipinski definition) is 6. The fraction of sp³-hybridized carbons (Fsp3) is 0.308. The van der Waals surface area contributed by atoms with E-state index in [4.69, 9.17) is 4.98 Å². The Kier molecular flexibility index (Phi) is 6.12. The molecule has 0 unspecified atom stereocenters. The van der Waals surface area contributed by atoms with E-state index in [1.54, 1.807) is 13.1 Å². The second-order valence-electron chi connectivity index (χ2n) is 8.54. The molecule has 8 nitrogen and oxygen atoms in total. The van der Waals surface area contributed by atoms with E-state index in [2.05, 4.69) is 56.1 Å². The van der Waals surface area contributed by atoms with Crippen LogP contribution in [0, 0.1) is 0 Å². The third kappa shape index (κ3) is 4.44. The van der Waals surface area contributed by atoms with E-state index in [1.165, 1.54) is 0 Å². The van der Waals surface area contributed by atoms with Crippen LogP contribution in [0.15, 0.2) is 61.1 Å². The zero-order valence-corrected chi connectivity index (χ0v) is 19.6. The minimum Gasteiger partial charge on any atom is -0.368 e. The van der Waals surface area contributed by atoms with Crippen LogP contribution < -0.4 is 10.2 Å². The first-order valence-electron chi connectivity index (χ1n) is 11.8. The summed E-state index contributed by atoms with van der Waals surface area (Å²) in [6.07, 6.45) is 6.79. The minimum absolute atomic E-state index is 0.146. The van der Waals surface area contributed by atoms with Crippen LogP contribution in [0.25, 0.3) is 22.3 Å². The van der Waals surface area contributed by atoms with Crippen LogP contribution in [0.1, 0.15) is 20.3 Å². The summed E-state index contributed by atoms with van der Waals surface area (Å²) in [4.78, 5) is 29.5. The first kappa shape index (κ1) is 21.9. The number of pyridine rings is 1. The maximum Gasteiger partial charge on any atom is 0.227 e. The highest BCUT2D eigenvalue weighted by Crippen LogP contribution is 2.29. The molecule has 5 rings (SSSR count). The van der Waals surface area contributed by atoms with E-state index in [1.807, 2.05) is 35.4 Å². The van der Waals surface area contributed by atoms with Gasteiger partial charge in [-0.2, -0.15) is 0 Å². The van der Waals surface area contributed by atoms with Gasteiger partial charge in [0.25, 0.3) is 0 Å². The molecule has 0 bridgehead atoms. The predicted octanol–water partition coefficient (Wildman–Crippen LogP) is 4.32. The highest BCUT2D eigenvalue weighted by atomic mass is 16.2. The van der Waals surface area contributed by atoms with Crippen LogP contribution in [0.2, 0.25) is 0 Å². The average molecular weight is 456 g/mol. The molecule has 4 heterocycles. The number of aromatic nitrogens is 4. The van der Waals surface area contributed by atoms with Gasteiger partial charge in [0.05, 0.1) is 5.69 Å². The lowest BCUT2D eigenvalue weighted by atomic mass is 10.1. The Labute approximate surface area is 199 Å². The van der Waals surface area contributed by atoms with E-state index in [-0.39, 0.29) is 5.91 Å². The van der Waals surface area contributed by atoms with E-state index in [0.29, 0.717) is 5.95 Å². The molecule has 34 heavy (non-hydrogen) atoms. The van der Waals surface area contributed by atoms with Gasteiger partial charge in [-0.05, 0) is 48.9 Å². The molecular weight excluding hydrogens is 426 g/mol. The number of carbonyl (C=O) groups is 1. The average Bonchev–Trinajstić information content (AvgIpc) is 3.24. The van der Waals surface area contributed by atoms with E-state index in [9.17, 15) is 4.79 Å². The number of nitrogens with one attached hydrogen (secondary N) is 1. The Balaban J connectivity index is 1.32. The van der Waals surface area contributed by atoms with Crippen molar-refractivity contribution in [3.63, 3.8) is 0 Å². The molecule has 0 aliphatic carbocycles. The highest BCUT2D eigenvalue weighted by molar-refractivity contribution is 5.93. The van der Waals surface area contributed by atoms with Crippen molar-refractivity contribution >= 4 is 34.3 Å². The van der Waals surface area contributed by atoms with Gasteiger partial charge in [0.1, 0.15) is 5.65 Å². The van der Waals surface area contributed by atoms with E-state index in [0.717, 1.165) is 72.8 Å². The van der Waals surface area contributed by atoms with Gasteiger partial charge in [0.2, 0.25) is 11.9 Å². The van der Waals surface area contributed by atoms with Crippen LogP contribution in [0.5, 0.6) is 0 Å². The summed E-state index contributed by atoms with van der Waals surface area (Å²) < 4.78 is 2.19. The second kappa shape index (κ2) is 9.51. The quantitative estimate of drug-likeness (QED) is 0.467. The minimum atomic E-state index is 0.146. The van der Waals surface area contributed by atoms with Crippen LogP contribution >= 0.6 is 0 Å². The Bertz CT molecular complexity index is 1290. The lowest BCUT2D eigenvalue weighted by Gasteiger charge is -2.35. The molecule has 1 fully saturated rings. The number of fused-ring (bicyclic) bond motifs is 1. The molecule has 1 saturated heterocycles. The van der Waals surface area contributed by atoms with E-state index < -0.39 is 0 Å². The predicted molar refractivity (Wildman–Crippen MR) is 135 cm³/mol. The SMILES string of the molecule is CCCn1cc(-c2ccnc(Nc3ccc(N4CCN(C(C)=O)CC4)cc3)n2)c2cccnc21. The third-order valence-corrected chi connectivity index (χ3v) is 6.24. The number of nitrogens with zero attached hydrogens (tertiary/aromatic N) is 6. The maximum absolute atomic E-state index is 11.6. The molecule has 1 amide bonds. The van der Waals surface area contributed by atoms with E-state index >= 15 is 0 Å². The first-order valence-corrected chi connectivity index (χ1v) is 11.8. The number of amides is 1. The third-order valence-electron chi connectivity index (χ3n) is 6.24. The molecular formula is C26H29N7O. The Hall–Kier alpha value is -3.94. The zero-order valence-electron chi connectivity index (χ0n) is 19.6. The fourth-order valence-corrected chi connectivity index (χ4v) is 4.47. The summed E-state index contributed by atoms with van der Waals surface area (Å²) in [5.41, 5.74) is 4.98. The number of anilines is 3. The van der Waals surface area contributed by atoms with Crippen molar-refractivity contribution in [3.05, 3.63) is 61.1 Å². The molecule has 1 aliphatic rings. The highest BCUT2D eigenvalue weighted by Gasteiger charge is 2.18. The number of aryl methyl sites for hydroxylation is 1. The van der Waals surface area contributed by atoms with Gasteiger partial charge in [-0.3, -0.25) is 4.79 Å². The summed E-state index contributed by atoms with van der Waals surface area (Å²) in [5, 5.41) is 4.42. The van der Waals surface area contributed by atoms with Gasteiger partial charge in [0.15, 0.2) is 0 Å². The van der Waals surface area contributed by atoms with Crippen molar-refractivity contribution in [3.8, 4) is 11.3 Å². The number of rotatable bonds is 6. The van der Waals surface area contributed by atoms with Crippen molar-refractivity contribution in [2.75, 3.05) is 36.4 Å². The summed E-state index contributed by atoms with van der Waals surface area (Å²) in [6, 6.07) is 14.3. The van der Waals surface area contributed by atoms with Gasteiger partial charge in [-0.25, -0.2) is 15.0 Å². The molecule has 0 saturated carbocycles. The first-order chi connectivity index (χ1) is 16.6. The standard InChI is InChI=1S/C26H29N7O/c1-3-13-33-18-23(22-5-4-11-27-25(22)33)24-10-12-28-26(30-24)29-20-6-8-21(9-7-20)32-16-14-31(15-17-32)19(2)34/h4-12,18H,3,13-17H2,1-2H3,(H,28,29,30). The van der Waals surface area contributed by atoms with Crippen LogP contribution in [-0.4, -0.2) is 56.5 Å². The topological polar surface area (TPSA) is 79.2 Å². The number of hydrogen-bond donors (Lipinski definition) is 1. The molecule has 1 aromatic carbocycles. The van der Waals surface area contributed by atoms with Crippen molar-refractivity contribution in [1.29, 1.82) is 0 Å². The Morgan fingerprint density at radius 1 is 1.00 bits per heavy atom. The van der Waals surface area contributed by atoms with Crippen LogP contribution in [0.3, 0.4) is 0 Å². The normalized spacial score (nSPS) is 13.9. The van der Waals surface area contributed by atoms with Gasteiger partial charge in [-0.15, -0.1) is 0 Å². The summed E-state index contributed by atoms with van der Waals surface area (Å²) in [5.74, 6) is 0.702. The summed E-state index contributed by atoms with van der Waals surface area (Å²) in [7, 11) is 0. The van der Waals surface area contributed by atoms with Crippen molar-refractivity contribution < 1.29 is 4.79 Å². The lowest BCUT2D eigenvalue weighted by molar-refractivity contribution is -0.129. The number of carbonyl (C=O) groups excluding carboxylic acids is 1. The molecule has 4 aromatic rings. The molecule has 1 N–H and O–H groups in total. The van der Waals surface area contributed by atoms with Crippen LogP contribution in [-0.2, 0) is 11.3 Å². The molecule has 174 valence electrons. The number of benzene rings is 1. The molecule has 1 aliphatic heterocycles. The second-order valence-corrected chi connectivity index (χ2v) is 8.54. The molecule has 0 atom stereocenters. The molecule has 0 spiro atoms. The Morgan fingerprint density at radius 3 is 2.53 bits per heavy atom. The van der Waals surface area contributed by atoms with Crippen molar-refractivity contribution in [2.24, 2.45) is 0 Å². The molecule has 8 heteroatoms. The summed E-state index contributed by atoms with van der Waals surface area (Å²) >= 11 is 0. The zero-order chi connectivity index (χ0) is 23.5. The monoisotopic (exact) mass is 455 g/mol. The largest absolute Gasteiger partial charge is 0.368 e. The molecule has 0 radical (unpaired) electrons. The van der Waals surface area contributed by atoms with Gasteiger partial charge < -0.3 is 19.7 Å². The number of piperazine rings is 1. The maximum atomic E-state index is 11.6. The van der Waals surface area contributed by atoms with Crippen molar-refractivity contribution in [2.45, 2.75) is 26.8 Å². The van der Waals surface area contributed by atoms with Crippen LogP contribution in [0.4, 0.5) is 17.3 Å². The van der Waals surface area contributed by atoms with Gasteiger partial charge in [0, 0.05) is 80.6 Å². The smallest absolute Gasteiger partial charge is 0.227 e. The summed E-state index contributed by atoms with van der Waals surface area (Å²) in [6.45, 7) is 7.93. The Morgan fingerprint density at radius 2 is 1.79 bits per heavy atom. The lowest BCUT2D eigenvalue weighted by Crippen LogP contribution is -2.48. The fourth-order valence-electron chi connectivity index (χ4n) is 4.47. The molecule has 3 aromatic heterocycles.